The summed E-state index contributed by atoms with van der Waals surface area (Å²) in [5.41, 5.74) is 6.36. The number of rotatable bonds is 5. The van der Waals surface area contributed by atoms with Crippen molar-refractivity contribution in [3.05, 3.63) is 24.0 Å². The lowest BCUT2D eigenvalue weighted by atomic mass is 10.2. The fourth-order valence-corrected chi connectivity index (χ4v) is 1.07. The van der Waals surface area contributed by atoms with E-state index in [2.05, 4.69) is 10.3 Å². The number of nitrogens with one attached hydrogen (secondary N) is 1. The second-order valence-electron chi connectivity index (χ2n) is 3.47. The molecule has 0 radical (unpaired) electrons. The number of aliphatic hydroxyl groups excluding tert-OH is 1. The molecule has 0 aliphatic rings. The first kappa shape index (κ1) is 13.3. The lowest BCUT2D eigenvalue weighted by Gasteiger charge is -2.10. The third-order valence-corrected chi connectivity index (χ3v) is 1.99. The van der Waals surface area contributed by atoms with Gasteiger partial charge < -0.3 is 16.2 Å². The van der Waals surface area contributed by atoms with Crippen LogP contribution in [-0.2, 0) is 11.2 Å². The van der Waals surface area contributed by atoms with Crippen molar-refractivity contribution < 1.29 is 18.7 Å². The summed E-state index contributed by atoms with van der Waals surface area (Å²) in [4.78, 5) is 15.2. The third kappa shape index (κ3) is 4.73. The molecule has 1 aromatic rings. The van der Waals surface area contributed by atoms with Crippen LogP contribution in [0, 0.1) is 0 Å². The Balaban J connectivity index is 2.37. The smallest absolute Gasteiger partial charge is 0.265 e. The molecule has 0 bridgehead atoms. The van der Waals surface area contributed by atoms with E-state index in [1.807, 2.05) is 0 Å². The van der Waals surface area contributed by atoms with Gasteiger partial charge in [0.1, 0.15) is 6.10 Å². The molecule has 7 heteroatoms. The minimum Gasteiger partial charge on any atom is -0.397 e. The van der Waals surface area contributed by atoms with E-state index in [1.54, 1.807) is 12.1 Å². The highest BCUT2D eigenvalue weighted by Crippen LogP contribution is 2.02. The van der Waals surface area contributed by atoms with E-state index >= 15 is 0 Å². The number of aromatic nitrogens is 1. The van der Waals surface area contributed by atoms with E-state index < -0.39 is 25.0 Å². The van der Waals surface area contributed by atoms with Crippen molar-refractivity contribution in [2.75, 3.05) is 12.3 Å². The summed E-state index contributed by atoms with van der Waals surface area (Å²) in [6.45, 7) is -0.481. The second-order valence-corrected chi connectivity index (χ2v) is 3.47. The highest BCUT2D eigenvalue weighted by Gasteiger charge is 2.17. The number of amides is 1. The number of carbonyl (C=O) groups excluding carboxylic acids is 1. The van der Waals surface area contributed by atoms with Crippen LogP contribution in [0.2, 0.25) is 0 Å². The molecule has 0 saturated heterocycles. The van der Waals surface area contributed by atoms with E-state index in [0.717, 1.165) is 0 Å². The van der Waals surface area contributed by atoms with Crippen LogP contribution in [0.4, 0.5) is 14.5 Å². The molecule has 0 saturated carbocycles. The number of hydrogen-bond acceptors (Lipinski definition) is 4. The van der Waals surface area contributed by atoms with Crippen LogP contribution in [-0.4, -0.2) is 35.1 Å². The van der Waals surface area contributed by atoms with Gasteiger partial charge in [-0.1, -0.05) is 0 Å². The van der Waals surface area contributed by atoms with Crippen molar-refractivity contribution in [2.45, 2.75) is 19.0 Å². The molecular weight excluding hydrogens is 232 g/mol. The Labute approximate surface area is 96.7 Å². The number of halogens is 2. The maximum Gasteiger partial charge on any atom is 0.265 e. The molecule has 5 nitrogen and oxygen atoms in total. The molecule has 1 unspecified atom stereocenters. The van der Waals surface area contributed by atoms with E-state index in [4.69, 9.17) is 10.8 Å². The fourth-order valence-electron chi connectivity index (χ4n) is 1.07. The normalized spacial score (nSPS) is 12.5. The van der Waals surface area contributed by atoms with Crippen molar-refractivity contribution >= 4 is 11.6 Å². The van der Waals surface area contributed by atoms with Crippen LogP contribution in [0.3, 0.4) is 0 Å². The first-order valence-electron chi connectivity index (χ1n) is 4.92. The van der Waals surface area contributed by atoms with Gasteiger partial charge in [0.05, 0.1) is 18.3 Å². The molecule has 1 rings (SSSR count). The van der Waals surface area contributed by atoms with E-state index in [9.17, 15) is 13.6 Å². The van der Waals surface area contributed by atoms with Crippen molar-refractivity contribution in [1.29, 1.82) is 0 Å². The average molecular weight is 245 g/mol. The molecule has 1 heterocycles. The first-order chi connectivity index (χ1) is 7.99. The number of aliphatic hydroxyl groups is 1. The van der Waals surface area contributed by atoms with E-state index in [0.29, 0.717) is 11.4 Å². The summed E-state index contributed by atoms with van der Waals surface area (Å²) < 4.78 is 23.8. The number of hydrogen-bond donors (Lipinski definition) is 3. The molecule has 1 aromatic heterocycles. The zero-order chi connectivity index (χ0) is 12.8. The Morgan fingerprint density at radius 1 is 1.53 bits per heavy atom. The van der Waals surface area contributed by atoms with Gasteiger partial charge in [0.2, 0.25) is 5.91 Å². The van der Waals surface area contributed by atoms with Crippen LogP contribution in [0.5, 0.6) is 0 Å². The first-order valence-corrected chi connectivity index (χ1v) is 4.92. The van der Waals surface area contributed by atoms with Crippen LogP contribution in [0.15, 0.2) is 18.3 Å². The van der Waals surface area contributed by atoms with Crippen molar-refractivity contribution in [3.63, 3.8) is 0 Å². The summed E-state index contributed by atoms with van der Waals surface area (Å²) in [5, 5.41) is 11.0. The molecule has 0 aliphatic carbocycles. The highest BCUT2D eigenvalue weighted by molar-refractivity contribution is 5.78. The van der Waals surface area contributed by atoms with Crippen LogP contribution in [0.25, 0.3) is 0 Å². The molecule has 4 N–H and O–H groups in total. The molecule has 94 valence electrons. The summed E-state index contributed by atoms with van der Waals surface area (Å²) in [7, 11) is 0. The molecule has 0 spiro atoms. The fraction of sp³-hybridized carbons (Fsp3) is 0.400. The Hall–Kier alpha value is -1.76. The number of nitrogens with two attached hydrogens (primary N) is 1. The quantitative estimate of drug-likeness (QED) is 0.678. The zero-order valence-corrected chi connectivity index (χ0v) is 8.94. The molecule has 0 aliphatic heterocycles. The van der Waals surface area contributed by atoms with Gasteiger partial charge >= 0.3 is 0 Å². The van der Waals surface area contributed by atoms with Crippen molar-refractivity contribution in [1.82, 2.24) is 10.3 Å². The molecule has 1 atom stereocenters. The standard InChI is InChI=1S/C10H13F2N3O2/c11-10(12)8(16)5-15-9(17)3-7-2-1-6(13)4-14-7/h1-2,4,8,10,16H,3,5,13H2,(H,15,17). The van der Waals surface area contributed by atoms with Crippen LogP contribution < -0.4 is 11.1 Å². The minimum absolute atomic E-state index is 0.0454. The maximum atomic E-state index is 11.9. The van der Waals surface area contributed by atoms with Crippen LogP contribution >= 0.6 is 0 Å². The summed E-state index contributed by atoms with van der Waals surface area (Å²) in [6.07, 6.45) is -3.37. The van der Waals surface area contributed by atoms with Gasteiger partial charge in [-0.25, -0.2) is 8.78 Å². The van der Waals surface area contributed by atoms with Gasteiger partial charge in [-0.3, -0.25) is 9.78 Å². The Kier molecular flexibility index (Phi) is 4.77. The summed E-state index contributed by atoms with van der Waals surface area (Å²) in [5.74, 6) is -0.484. The third-order valence-electron chi connectivity index (χ3n) is 1.99. The van der Waals surface area contributed by atoms with Gasteiger partial charge in [-0.15, -0.1) is 0 Å². The molecule has 17 heavy (non-hydrogen) atoms. The monoisotopic (exact) mass is 245 g/mol. The van der Waals surface area contributed by atoms with Crippen molar-refractivity contribution in [3.8, 4) is 0 Å². The number of alkyl halides is 2. The number of nitrogen functional groups attached to an aromatic ring is 1. The van der Waals surface area contributed by atoms with Crippen molar-refractivity contribution in [2.24, 2.45) is 0 Å². The Morgan fingerprint density at radius 3 is 2.76 bits per heavy atom. The average Bonchev–Trinajstić information content (AvgIpc) is 2.29. The predicted octanol–water partition coefficient (Wildman–Crippen LogP) is -0.0515. The minimum atomic E-state index is -2.87. The molecule has 0 fully saturated rings. The van der Waals surface area contributed by atoms with Gasteiger partial charge in [0.15, 0.2) is 0 Å². The Bertz CT molecular complexity index is 370. The summed E-state index contributed by atoms with van der Waals surface area (Å²) in [6, 6.07) is 3.15. The topological polar surface area (TPSA) is 88.2 Å². The van der Waals surface area contributed by atoms with E-state index in [-0.39, 0.29) is 6.42 Å². The molecular formula is C10H13F2N3O2. The SMILES string of the molecule is Nc1ccc(CC(=O)NCC(O)C(F)F)nc1. The van der Waals surface area contributed by atoms with Gasteiger partial charge in [-0.05, 0) is 12.1 Å². The largest absolute Gasteiger partial charge is 0.397 e. The van der Waals surface area contributed by atoms with E-state index in [1.165, 1.54) is 6.20 Å². The van der Waals surface area contributed by atoms with Gasteiger partial charge in [0, 0.05) is 12.2 Å². The zero-order valence-electron chi connectivity index (χ0n) is 8.94. The number of nitrogens with zero attached hydrogens (tertiary/aromatic N) is 1. The lowest BCUT2D eigenvalue weighted by Crippen LogP contribution is -2.36. The molecule has 1 amide bonds. The summed E-state index contributed by atoms with van der Waals surface area (Å²) >= 11 is 0. The predicted molar refractivity (Wildman–Crippen MR) is 57.4 cm³/mol. The van der Waals surface area contributed by atoms with Gasteiger partial charge in [-0.2, -0.15) is 0 Å². The van der Waals surface area contributed by atoms with Gasteiger partial charge in [0.25, 0.3) is 6.43 Å². The number of pyridine rings is 1. The van der Waals surface area contributed by atoms with Crippen LogP contribution in [0.1, 0.15) is 5.69 Å². The number of anilines is 1. The Morgan fingerprint density at radius 2 is 2.24 bits per heavy atom. The lowest BCUT2D eigenvalue weighted by molar-refractivity contribution is -0.121. The number of carbonyl (C=O) groups is 1. The molecule has 0 aromatic carbocycles. The maximum absolute atomic E-state index is 11.9. The highest BCUT2D eigenvalue weighted by atomic mass is 19.3. The second kappa shape index (κ2) is 6.09.